The van der Waals surface area contributed by atoms with Crippen LogP contribution in [-0.4, -0.2) is 50.3 Å². The second-order valence-electron chi connectivity index (χ2n) is 8.13. The van der Waals surface area contributed by atoms with E-state index < -0.39 is 16.1 Å². The number of benzene rings is 1. The number of nitrogens with zero attached hydrogens (tertiary/aromatic N) is 1. The van der Waals surface area contributed by atoms with Gasteiger partial charge in [-0.3, -0.25) is 9.59 Å². The van der Waals surface area contributed by atoms with Crippen LogP contribution in [0, 0.1) is 6.92 Å². The summed E-state index contributed by atoms with van der Waals surface area (Å²) in [7, 11) is -2.50. The largest absolute Gasteiger partial charge is 0.478 e. The molecule has 1 aliphatic heterocycles. The van der Waals surface area contributed by atoms with E-state index in [9.17, 15) is 18.0 Å². The molecule has 1 heterocycles. The molecule has 2 aliphatic rings. The van der Waals surface area contributed by atoms with E-state index in [-0.39, 0.29) is 29.3 Å². The van der Waals surface area contributed by atoms with Crippen LogP contribution in [0.3, 0.4) is 0 Å². The van der Waals surface area contributed by atoms with Gasteiger partial charge in [-0.05, 0) is 37.8 Å². The van der Waals surface area contributed by atoms with E-state index in [1.165, 1.54) is 26.0 Å². The van der Waals surface area contributed by atoms with Crippen LogP contribution in [-0.2, 0) is 19.6 Å². The van der Waals surface area contributed by atoms with Crippen LogP contribution < -0.4 is 15.4 Å². The van der Waals surface area contributed by atoms with Crippen LogP contribution in [0.4, 0.5) is 5.69 Å². The van der Waals surface area contributed by atoms with Gasteiger partial charge < -0.3 is 15.4 Å². The molecule has 1 aliphatic carbocycles. The molecule has 1 atom stereocenters. The Balaban J connectivity index is 1.74. The van der Waals surface area contributed by atoms with E-state index in [0.29, 0.717) is 23.4 Å². The standard InChI is InChI=1S/C21H31N3O5S/c1-4-17-21(26)23-16-11-14(2)19(12-18(16)29-17)30(27,28)24(3)13-20(25)22-15-9-7-5-6-8-10-15/h11-12,15,17H,4-10,13H2,1-3H3,(H,22,25)(H,23,26)/t17-/m1/s1. The third-order valence-corrected chi connectivity index (χ3v) is 7.69. The SMILES string of the molecule is CC[C@H]1Oc2cc(S(=O)(=O)N(C)CC(=O)NC3CCCCCC3)c(C)cc2NC1=O. The molecule has 3 rings (SSSR count). The number of sulfonamides is 1. The zero-order valence-corrected chi connectivity index (χ0v) is 18.7. The first-order valence-electron chi connectivity index (χ1n) is 10.6. The number of hydrogen-bond acceptors (Lipinski definition) is 5. The molecule has 1 fully saturated rings. The summed E-state index contributed by atoms with van der Waals surface area (Å²) in [6.07, 6.45) is 6.23. The highest BCUT2D eigenvalue weighted by Crippen LogP contribution is 2.35. The molecule has 1 saturated carbocycles. The summed E-state index contributed by atoms with van der Waals surface area (Å²) < 4.78 is 33.0. The van der Waals surface area contributed by atoms with Crippen LogP contribution in [0.25, 0.3) is 0 Å². The third-order valence-electron chi connectivity index (χ3n) is 5.74. The number of hydrogen-bond donors (Lipinski definition) is 2. The number of nitrogens with one attached hydrogen (secondary N) is 2. The molecular weight excluding hydrogens is 406 g/mol. The fraction of sp³-hybridized carbons (Fsp3) is 0.619. The van der Waals surface area contributed by atoms with Crippen LogP contribution in [0.15, 0.2) is 17.0 Å². The van der Waals surface area contributed by atoms with Gasteiger partial charge in [0.25, 0.3) is 5.91 Å². The van der Waals surface area contributed by atoms with E-state index in [1.807, 2.05) is 6.92 Å². The van der Waals surface area contributed by atoms with E-state index >= 15 is 0 Å². The fourth-order valence-corrected chi connectivity index (χ4v) is 5.33. The molecule has 166 valence electrons. The lowest BCUT2D eigenvalue weighted by molar-refractivity contribution is -0.123. The van der Waals surface area contributed by atoms with Gasteiger partial charge >= 0.3 is 0 Å². The lowest BCUT2D eigenvalue weighted by Gasteiger charge is -2.27. The van der Waals surface area contributed by atoms with Crippen molar-refractivity contribution in [2.24, 2.45) is 0 Å². The van der Waals surface area contributed by atoms with Crippen molar-refractivity contribution in [2.75, 3.05) is 18.9 Å². The minimum Gasteiger partial charge on any atom is -0.478 e. The summed E-state index contributed by atoms with van der Waals surface area (Å²) >= 11 is 0. The fourth-order valence-electron chi connectivity index (χ4n) is 3.98. The Kier molecular flexibility index (Phi) is 7.02. The number of likely N-dealkylation sites (N-methyl/N-ethyl adjacent to an activating group) is 1. The van der Waals surface area contributed by atoms with Gasteiger partial charge in [-0.25, -0.2) is 8.42 Å². The van der Waals surface area contributed by atoms with Crippen LogP contribution >= 0.6 is 0 Å². The van der Waals surface area contributed by atoms with Crippen molar-refractivity contribution in [3.63, 3.8) is 0 Å². The summed E-state index contributed by atoms with van der Waals surface area (Å²) in [4.78, 5) is 24.5. The molecule has 2 N–H and O–H groups in total. The van der Waals surface area contributed by atoms with E-state index in [0.717, 1.165) is 30.0 Å². The second-order valence-corrected chi connectivity index (χ2v) is 10.1. The molecule has 9 heteroatoms. The van der Waals surface area contributed by atoms with Gasteiger partial charge in [-0.1, -0.05) is 32.6 Å². The molecule has 2 amide bonds. The first-order chi connectivity index (χ1) is 14.2. The molecule has 0 spiro atoms. The number of rotatable bonds is 6. The Bertz CT molecular complexity index is 907. The first-order valence-corrected chi connectivity index (χ1v) is 12.0. The smallest absolute Gasteiger partial charge is 0.265 e. The zero-order chi connectivity index (χ0) is 21.9. The summed E-state index contributed by atoms with van der Waals surface area (Å²) in [5, 5.41) is 5.73. The summed E-state index contributed by atoms with van der Waals surface area (Å²) in [5.74, 6) is -0.215. The average Bonchev–Trinajstić information content (AvgIpc) is 2.95. The normalized spacial score (nSPS) is 20.1. The van der Waals surface area contributed by atoms with Gasteiger partial charge in [0.1, 0.15) is 5.75 Å². The zero-order valence-electron chi connectivity index (χ0n) is 17.9. The quantitative estimate of drug-likeness (QED) is 0.666. The van der Waals surface area contributed by atoms with Crippen molar-refractivity contribution >= 4 is 27.5 Å². The number of anilines is 1. The van der Waals surface area contributed by atoms with Crippen molar-refractivity contribution in [1.82, 2.24) is 9.62 Å². The average molecular weight is 438 g/mol. The highest BCUT2D eigenvalue weighted by atomic mass is 32.2. The molecule has 30 heavy (non-hydrogen) atoms. The van der Waals surface area contributed by atoms with E-state index in [2.05, 4.69) is 10.6 Å². The Morgan fingerprint density at radius 2 is 1.90 bits per heavy atom. The number of amides is 2. The molecule has 0 unspecified atom stereocenters. The maximum atomic E-state index is 13.1. The molecule has 8 nitrogen and oxygen atoms in total. The van der Waals surface area contributed by atoms with Crippen LogP contribution in [0.1, 0.15) is 57.4 Å². The number of carbonyl (C=O) groups excluding carboxylic acids is 2. The monoisotopic (exact) mass is 437 g/mol. The van der Waals surface area contributed by atoms with Gasteiger partial charge in [0.05, 0.1) is 17.1 Å². The Hall–Kier alpha value is -2.13. The molecular formula is C21H31N3O5S. The predicted molar refractivity (Wildman–Crippen MR) is 114 cm³/mol. The summed E-state index contributed by atoms with van der Waals surface area (Å²) in [5.41, 5.74) is 0.929. The number of carbonyl (C=O) groups is 2. The molecule has 0 bridgehead atoms. The van der Waals surface area contributed by atoms with Crippen molar-refractivity contribution in [1.29, 1.82) is 0 Å². The number of ether oxygens (including phenoxy) is 1. The lowest BCUT2D eigenvalue weighted by atomic mass is 10.1. The van der Waals surface area contributed by atoms with Crippen molar-refractivity contribution < 1.29 is 22.7 Å². The van der Waals surface area contributed by atoms with Crippen molar-refractivity contribution in [2.45, 2.75) is 75.8 Å². The van der Waals surface area contributed by atoms with Gasteiger partial charge in [-0.15, -0.1) is 0 Å². The Labute approximate surface area is 178 Å². The van der Waals surface area contributed by atoms with Gasteiger partial charge in [0.2, 0.25) is 15.9 Å². The van der Waals surface area contributed by atoms with E-state index in [1.54, 1.807) is 13.0 Å². The second kappa shape index (κ2) is 9.34. The summed E-state index contributed by atoms with van der Waals surface area (Å²) in [6, 6.07) is 3.14. The van der Waals surface area contributed by atoms with Crippen molar-refractivity contribution in [3.05, 3.63) is 17.7 Å². The first kappa shape index (κ1) is 22.6. The molecule has 0 radical (unpaired) electrons. The van der Waals surface area contributed by atoms with Gasteiger partial charge in [-0.2, -0.15) is 4.31 Å². The van der Waals surface area contributed by atoms with Gasteiger partial charge in [0.15, 0.2) is 6.10 Å². The minimum absolute atomic E-state index is 0.0667. The van der Waals surface area contributed by atoms with Crippen molar-refractivity contribution in [3.8, 4) is 5.75 Å². The maximum absolute atomic E-state index is 13.1. The third kappa shape index (κ3) is 4.95. The molecule has 0 saturated heterocycles. The molecule has 0 aromatic heterocycles. The van der Waals surface area contributed by atoms with Gasteiger partial charge in [0, 0.05) is 19.2 Å². The molecule has 1 aromatic rings. The Morgan fingerprint density at radius 1 is 1.23 bits per heavy atom. The number of fused-ring (bicyclic) bond motifs is 1. The topological polar surface area (TPSA) is 105 Å². The lowest BCUT2D eigenvalue weighted by Crippen LogP contribution is -2.42. The van der Waals surface area contributed by atoms with Crippen LogP contribution in [0.2, 0.25) is 0 Å². The number of aryl methyl sites for hydroxylation is 1. The Morgan fingerprint density at radius 3 is 2.53 bits per heavy atom. The van der Waals surface area contributed by atoms with Crippen LogP contribution in [0.5, 0.6) is 5.75 Å². The van der Waals surface area contributed by atoms with E-state index in [4.69, 9.17) is 4.74 Å². The molecule has 1 aromatic carbocycles. The predicted octanol–water partition coefficient (Wildman–Crippen LogP) is 2.56. The summed E-state index contributed by atoms with van der Waals surface area (Å²) in [6.45, 7) is 3.23. The minimum atomic E-state index is -3.90. The highest BCUT2D eigenvalue weighted by molar-refractivity contribution is 7.89. The maximum Gasteiger partial charge on any atom is 0.265 e. The highest BCUT2D eigenvalue weighted by Gasteiger charge is 2.31.